The van der Waals surface area contributed by atoms with E-state index in [0.29, 0.717) is 17.5 Å². The van der Waals surface area contributed by atoms with Gasteiger partial charge >= 0.3 is 6.18 Å². The summed E-state index contributed by atoms with van der Waals surface area (Å²) in [6.45, 7) is 0. The van der Waals surface area contributed by atoms with Crippen LogP contribution in [0.1, 0.15) is 28.4 Å². The molecule has 3 rings (SSSR count). The molecule has 3 aromatic rings. The van der Waals surface area contributed by atoms with Gasteiger partial charge < -0.3 is 9.97 Å². The van der Waals surface area contributed by atoms with Crippen molar-refractivity contribution in [3.63, 3.8) is 0 Å². The van der Waals surface area contributed by atoms with Crippen LogP contribution in [0.5, 0.6) is 0 Å². The van der Waals surface area contributed by atoms with E-state index in [0.717, 1.165) is 12.1 Å². The topological polar surface area (TPSA) is 74.7 Å². The maximum absolute atomic E-state index is 12.9. The Bertz CT molecular complexity index is 806. The zero-order valence-electron chi connectivity index (χ0n) is 12.2. The molecule has 124 valence electrons. The van der Waals surface area contributed by atoms with Gasteiger partial charge in [0, 0.05) is 35.4 Å². The summed E-state index contributed by atoms with van der Waals surface area (Å²) in [7, 11) is 0. The van der Waals surface area contributed by atoms with Crippen molar-refractivity contribution in [2.24, 2.45) is 0 Å². The molecule has 2 heterocycles. The molecule has 2 aromatic heterocycles. The second-order valence-electron chi connectivity index (χ2n) is 5.21. The van der Waals surface area contributed by atoms with Gasteiger partial charge in [-0.15, -0.1) is 0 Å². The van der Waals surface area contributed by atoms with E-state index < -0.39 is 28.3 Å². The molecule has 8 heteroatoms. The van der Waals surface area contributed by atoms with Crippen molar-refractivity contribution in [3.05, 3.63) is 87.5 Å². The second kappa shape index (κ2) is 5.88. The predicted octanol–water partition coefficient (Wildman–Crippen LogP) is 4.45. The Morgan fingerprint density at radius 3 is 2.00 bits per heavy atom. The molecule has 5 nitrogen and oxygen atoms in total. The third-order valence-corrected chi connectivity index (χ3v) is 3.73. The van der Waals surface area contributed by atoms with Gasteiger partial charge in [0.2, 0.25) is 0 Å². The van der Waals surface area contributed by atoms with E-state index >= 15 is 0 Å². The average Bonchev–Trinajstić information content (AvgIpc) is 3.20. The summed E-state index contributed by atoms with van der Waals surface area (Å²) in [5, 5.41) is 11.4. The quantitative estimate of drug-likeness (QED) is 0.546. The first-order chi connectivity index (χ1) is 11.4. The fraction of sp³-hybridized carbons (Fsp3) is 0.125. The lowest BCUT2D eigenvalue weighted by molar-refractivity contribution is -0.385. The highest BCUT2D eigenvalue weighted by Gasteiger charge is 2.35. The van der Waals surface area contributed by atoms with Crippen molar-refractivity contribution >= 4 is 5.69 Å². The van der Waals surface area contributed by atoms with E-state index in [1.165, 1.54) is 0 Å². The first-order valence-electron chi connectivity index (χ1n) is 7.00. The van der Waals surface area contributed by atoms with Crippen LogP contribution in [0.2, 0.25) is 0 Å². The van der Waals surface area contributed by atoms with Crippen molar-refractivity contribution in [3.8, 4) is 0 Å². The summed E-state index contributed by atoms with van der Waals surface area (Å²) in [5.74, 6) is -0.599. The molecule has 0 atom stereocenters. The minimum Gasteiger partial charge on any atom is -0.364 e. The number of hydrogen-bond donors (Lipinski definition) is 2. The molecule has 0 bridgehead atoms. The van der Waals surface area contributed by atoms with Crippen molar-refractivity contribution in [2.45, 2.75) is 12.1 Å². The van der Waals surface area contributed by atoms with Crippen LogP contribution in [-0.2, 0) is 6.18 Å². The highest BCUT2D eigenvalue weighted by Crippen LogP contribution is 2.39. The summed E-state index contributed by atoms with van der Waals surface area (Å²) >= 11 is 0. The normalized spacial score (nSPS) is 11.8. The van der Waals surface area contributed by atoms with Crippen molar-refractivity contribution in [1.82, 2.24) is 9.97 Å². The maximum atomic E-state index is 12.9. The van der Waals surface area contributed by atoms with Crippen LogP contribution < -0.4 is 0 Å². The van der Waals surface area contributed by atoms with E-state index in [-0.39, 0.29) is 5.56 Å². The molecular formula is C16H12F3N3O2. The molecule has 1 aromatic carbocycles. The predicted molar refractivity (Wildman–Crippen MR) is 80.6 cm³/mol. The van der Waals surface area contributed by atoms with Gasteiger partial charge in [-0.3, -0.25) is 10.1 Å². The molecule has 0 spiro atoms. The first-order valence-corrected chi connectivity index (χ1v) is 7.00. The molecule has 0 fully saturated rings. The highest BCUT2D eigenvalue weighted by atomic mass is 19.4. The molecule has 0 saturated heterocycles. The Morgan fingerprint density at radius 1 is 1.00 bits per heavy atom. The minimum absolute atomic E-state index is 0.179. The number of nitrogens with one attached hydrogen (secondary N) is 2. The molecular weight excluding hydrogens is 323 g/mol. The number of aromatic amines is 2. The van der Waals surface area contributed by atoms with Crippen molar-refractivity contribution in [1.29, 1.82) is 0 Å². The summed E-state index contributed by atoms with van der Waals surface area (Å²) in [6.07, 6.45) is -1.33. The molecule has 0 saturated carbocycles. The third kappa shape index (κ3) is 2.90. The third-order valence-electron chi connectivity index (χ3n) is 3.73. The number of aromatic nitrogens is 2. The lowest BCUT2D eigenvalue weighted by Gasteiger charge is -2.17. The second-order valence-corrected chi connectivity index (χ2v) is 5.21. The zero-order chi connectivity index (χ0) is 17.3. The van der Waals surface area contributed by atoms with E-state index in [4.69, 9.17) is 0 Å². The first kappa shape index (κ1) is 15.9. The number of hydrogen-bond acceptors (Lipinski definition) is 2. The number of benzene rings is 1. The number of nitro groups is 1. The number of H-pyrrole nitrogens is 2. The van der Waals surface area contributed by atoms with Crippen LogP contribution in [0.3, 0.4) is 0 Å². The van der Waals surface area contributed by atoms with E-state index in [1.54, 1.807) is 36.7 Å². The van der Waals surface area contributed by atoms with Gasteiger partial charge in [-0.1, -0.05) is 6.07 Å². The molecule has 0 amide bonds. The molecule has 0 unspecified atom stereocenters. The van der Waals surface area contributed by atoms with Crippen LogP contribution in [0.4, 0.5) is 18.9 Å². The van der Waals surface area contributed by atoms with Crippen molar-refractivity contribution < 1.29 is 18.1 Å². The maximum Gasteiger partial charge on any atom is 0.416 e. The molecule has 0 aliphatic rings. The Kier molecular flexibility index (Phi) is 3.88. The molecule has 2 N–H and O–H groups in total. The van der Waals surface area contributed by atoms with Gasteiger partial charge in [0.15, 0.2) is 0 Å². The zero-order valence-corrected chi connectivity index (χ0v) is 12.2. The van der Waals surface area contributed by atoms with Gasteiger partial charge in [-0.05, 0) is 30.3 Å². The number of nitrogens with zero attached hydrogens (tertiary/aromatic N) is 1. The Hall–Kier alpha value is -3.03. The molecule has 0 aliphatic carbocycles. The highest BCUT2D eigenvalue weighted by molar-refractivity contribution is 5.52. The average molecular weight is 335 g/mol. The molecule has 24 heavy (non-hydrogen) atoms. The van der Waals surface area contributed by atoms with Gasteiger partial charge in [-0.2, -0.15) is 13.2 Å². The van der Waals surface area contributed by atoms with Crippen LogP contribution in [0.25, 0.3) is 0 Å². The summed E-state index contributed by atoms with van der Waals surface area (Å²) < 4.78 is 38.6. The van der Waals surface area contributed by atoms with E-state index in [1.807, 2.05) is 0 Å². The van der Waals surface area contributed by atoms with Gasteiger partial charge in [0.1, 0.15) is 0 Å². The van der Waals surface area contributed by atoms with Crippen LogP contribution in [0.15, 0.2) is 54.9 Å². The standard InChI is InChI=1S/C16H12F3N3O2/c17-16(18,19)10-5-6-11(14(9-10)22(23)24)15(12-3-1-7-20-12)13-4-2-8-21-13/h1-9,15,20-21H. The van der Waals surface area contributed by atoms with Crippen molar-refractivity contribution in [2.75, 3.05) is 0 Å². The van der Waals surface area contributed by atoms with Crippen LogP contribution >= 0.6 is 0 Å². The number of halogens is 3. The van der Waals surface area contributed by atoms with Crippen LogP contribution in [-0.4, -0.2) is 14.9 Å². The van der Waals surface area contributed by atoms with Gasteiger partial charge in [-0.25, -0.2) is 0 Å². The van der Waals surface area contributed by atoms with Gasteiger partial charge in [0.25, 0.3) is 5.69 Å². The number of nitro benzene ring substituents is 1. The molecule has 0 aliphatic heterocycles. The largest absolute Gasteiger partial charge is 0.416 e. The SMILES string of the molecule is O=[N+]([O-])c1cc(C(F)(F)F)ccc1C(c1ccc[nH]1)c1ccc[nH]1. The fourth-order valence-electron chi connectivity index (χ4n) is 2.67. The Labute approximate surface area is 134 Å². The molecule has 0 radical (unpaired) electrons. The van der Waals surface area contributed by atoms with Gasteiger partial charge in [0.05, 0.1) is 16.4 Å². The van der Waals surface area contributed by atoms with E-state index in [9.17, 15) is 23.3 Å². The lowest BCUT2D eigenvalue weighted by Crippen LogP contribution is -2.11. The Morgan fingerprint density at radius 2 is 1.58 bits per heavy atom. The lowest BCUT2D eigenvalue weighted by atomic mass is 9.90. The fourth-order valence-corrected chi connectivity index (χ4v) is 2.67. The number of alkyl halides is 3. The minimum atomic E-state index is -4.64. The smallest absolute Gasteiger partial charge is 0.364 e. The van der Waals surface area contributed by atoms with Crippen LogP contribution in [0, 0.1) is 10.1 Å². The Balaban J connectivity index is 2.20. The monoisotopic (exact) mass is 335 g/mol. The summed E-state index contributed by atoms with van der Waals surface area (Å²) in [6, 6.07) is 9.50. The van der Waals surface area contributed by atoms with E-state index in [2.05, 4.69) is 9.97 Å². The summed E-state index contributed by atoms with van der Waals surface area (Å²) in [5.41, 5.74) is -0.160. The number of rotatable bonds is 4. The summed E-state index contributed by atoms with van der Waals surface area (Å²) in [4.78, 5) is 16.5.